The van der Waals surface area contributed by atoms with E-state index in [2.05, 4.69) is 4.98 Å². The minimum absolute atomic E-state index is 0.190. The second kappa shape index (κ2) is 7.29. The summed E-state index contributed by atoms with van der Waals surface area (Å²) in [6.45, 7) is 3.77. The summed E-state index contributed by atoms with van der Waals surface area (Å²) < 4.78 is 0.969. The molecule has 0 N–H and O–H groups in total. The Morgan fingerprint density at radius 2 is 1.95 bits per heavy atom. The molecule has 1 aliphatic rings. The Bertz CT molecular complexity index is 621. The van der Waals surface area contributed by atoms with Crippen LogP contribution in [0.2, 0.25) is 0 Å². The Kier molecular flexibility index (Phi) is 5.16. The van der Waals surface area contributed by atoms with E-state index in [9.17, 15) is 4.79 Å². The molecule has 22 heavy (non-hydrogen) atoms. The molecule has 0 aliphatic carbocycles. The van der Waals surface area contributed by atoms with Gasteiger partial charge in [0.1, 0.15) is 5.25 Å². The van der Waals surface area contributed by atoms with Crippen LogP contribution in [0.4, 0.5) is 0 Å². The number of amides is 1. The van der Waals surface area contributed by atoms with Crippen molar-refractivity contribution in [3.05, 3.63) is 47.0 Å². The third kappa shape index (κ3) is 3.70. The summed E-state index contributed by atoms with van der Waals surface area (Å²) in [6, 6.07) is 10.1. The van der Waals surface area contributed by atoms with E-state index in [1.807, 2.05) is 47.5 Å². The zero-order valence-corrected chi connectivity index (χ0v) is 14.3. The monoisotopic (exact) mass is 332 g/mol. The van der Waals surface area contributed by atoms with Gasteiger partial charge in [-0.05, 0) is 31.7 Å². The summed E-state index contributed by atoms with van der Waals surface area (Å²) in [6.07, 6.45) is 3.47. The van der Waals surface area contributed by atoms with E-state index in [0.717, 1.165) is 41.5 Å². The fourth-order valence-corrected chi connectivity index (χ4v) is 4.77. The Hall–Kier alpha value is -1.33. The van der Waals surface area contributed by atoms with Crippen molar-refractivity contribution >= 4 is 29.0 Å². The number of nitrogens with zero attached hydrogens (tertiary/aromatic N) is 2. The summed E-state index contributed by atoms with van der Waals surface area (Å²) in [4.78, 5) is 19.5. The van der Waals surface area contributed by atoms with Crippen molar-refractivity contribution in [2.45, 2.75) is 35.8 Å². The standard InChI is InChI=1S/C17H20N2OS2/c1-13-12-21-17(18-13)22-15(14-8-4-2-5-9-14)16(20)19-10-6-3-7-11-19/h2,4-5,8-9,12,15H,3,6-7,10-11H2,1H3. The lowest BCUT2D eigenvalue weighted by Gasteiger charge is -2.30. The first-order chi connectivity index (χ1) is 10.7. The molecule has 2 heterocycles. The lowest BCUT2D eigenvalue weighted by Crippen LogP contribution is -2.38. The summed E-state index contributed by atoms with van der Waals surface area (Å²) in [7, 11) is 0. The molecule has 1 unspecified atom stereocenters. The molecule has 0 saturated carbocycles. The fourth-order valence-electron chi connectivity index (χ4n) is 2.66. The topological polar surface area (TPSA) is 33.2 Å². The molecule has 2 aromatic rings. The number of likely N-dealkylation sites (tertiary alicyclic amines) is 1. The summed E-state index contributed by atoms with van der Waals surface area (Å²) in [5.41, 5.74) is 2.08. The lowest BCUT2D eigenvalue weighted by molar-refractivity contribution is -0.131. The number of piperidine rings is 1. The average molecular weight is 332 g/mol. The van der Waals surface area contributed by atoms with E-state index >= 15 is 0 Å². The molecule has 1 fully saturated rings. The molecule has 3 rings (SSSR count). The Balaban J connectivity index is 1.83. The summed E-state index contributed by atoms with van der Waals surface area (Å²) in [5.74, 6) is 0.226. The van der Waals surface area contributed by atoms with Gasteiger partial charge in [0.05, 0.1) is 0 Å². The number of aromatic nitrogens is 1. The number of benzene rings is 1. The molecule has 1 saturated heterocycles. The van der Waals surface area contributed by atoms with E-state index in [1.165, 1.54) is 6.42 Å². The van der Waals surface area contributed by atoms with Crippen LogP contribution in [-0.2, 0) is 4.79 Å². The molecule has 1 aromatic heterocycles. The second-order valence-corrected chi connectivity index (χ2v) is 7.76. The highest BCUT2D eigenvalue weighted by atomic mass is 32.2. The minimum atomic E-state index is -0.190. The normalized spacial score (nSPS) is 16.5. The Morgan fingerprint density at radius 1 is 1.23 bits per heavy atom. The minimum Gasteiger partial charge on any atom is -0.341 e. The van der Waals surface area contributed by atoms with Crippen LogP contribution in [0, 0.1) is 6.92 Å². The largest absolute Gasteiger partial charge is 0.341 e. The molecule has 0 radical (unpaired) electrons. The van der Waals surface area contributed by atoms with Gasteiger partial charge in [0.2, 0.25) is 5.91 Å². The molecule has 3 nitrogen and oxygen atoms in total. The summed E-state index contributed by atoms with van der Waals surface area (Å²) >= 11 is 3.20. The second-order valence-electron chi connectivity index (χ2n) is 5.55. The predicted molar refractivity (Wildman–Crippen MR) is 92.3 cm³/mol. The van der Waals surface area contributed by atoms with E-state index in [1.54, 1.807) is 23.1 Å². The van der Waals surface area contributed by atoms with Gasteiger partial charge in [-0.15, -0.1) is 11.3 Å². The highest BCUT2D eigenvalue weighted by Crippen LogP contribution is 2.38. The first-order valence-electron chi connectivity index (χ1n) is 7.66. The maximum atomic E-state index is 13.0. The van der Waals surface area contributed by atoms with Gasteiger partial charge in [0.25, 0.3) is 0 Å². The maximum Gasteiger partial charge on any atom is 0.240 e. The number of aryl methyl sites for hydroxylation is 1. The summed E-state index contributed by atoms with van der Waals surface area (Å²) in [5, 5.41) is 1.85. The van der Waals surface area contributed by atoms with Crippen LogP contribution in [0.15, 0.2) is 40.1 Å². The van der Waals surface area contributed by atoms with E-state index in [-0.39, 0.29) is 11.2 Å². The molecule has 1 amide bonds. The lowest BCUT2D eigenvalue weighted by atomic mass is 10.1. The number of rotatable bonds is 4. The van der Waals surface area contributed by atoms with Crippen molar-refractivity contribution in [3.8, 4) is 0 Å². The van der Waals surface area contributed by atoms with Gasteiger partial charge in [0.15, 0.2) is 4.34 Å². The molecule has 1 aromatic carbocycles. The Morgan fingerprint density at radius 3 is 2.59 bits per heavy atom. The molecule has 0 spiro atoms. The van der Waals surface area contributed by atoms with Crippen LogP contribution in [0.5, 0.6) is 0 Å². The molecule has 1 atom stereocenters. The third-order valence-electron chi connectivity index (χ3n) is 3.81. The molecule has 5 heteroatoms. The van der Waals surface area contributed by atoms with E-state index in [0.29, 0.717) is 0 Å². The highest BCUT2D eigenvalue weighted by Gasteiger charge is 2.28. The van der Waals surface area contributed by atoms with Crippen LogP contribution in [0.25, 0.3) is 0 Å². The van der Waals surface area contributed by atoms with Gasteiger partial charge >= 0.3 is 0 Å². The van der Waals surface area contributed by atoms with Crippen LogP contribution in [-0.4, -0.2) is 28.9 Å². The van der Waals surface area contributed by atoms with Crippen molar-refractivity contribution in [3.63, 3.8) is 0 Å². The van der Waals surface area contributed by atoms with Crippen molar-refractivity contribution in [1.29, 1.82) is 0 Å². The number of carbonyl (C=O) groups is 1. The number of thiazole rings is 1. The van der Waals surface area contributed by atoms with Crippen LogP contribution >= 0.6 is 23.1 Å². The number of hydrogen-bond donors (Lipinski definition) is 0. The first kappa shape index (κ1) is 15.6. The van der Waals surface area contributed by atoms with Crippen molar-refractivity contribution in [1.82, 2.24) is 9.88 Å². The van der Waals surface area contributed by atoms with Gasteiger partial charge in [0, 0.05) is 24.2 Å². The zero-order chi connectivity index (χ0) is 15.4. The first-order valence-corrected chi connectivity index (χ1v) is 9.42. The van der Waals surface area contributed by atoms with Gasteiger partial charge in [-0.3, -0.25) is 4.79 Å². The fraction of sp³-hybridized carbons (Fsp3) is 0.412. The zero-order valence-electron chi connectivity index (χ0n) is 12.7. The van der Waals surface area contributed by atoms with Crippen LogP contribution in [0.1, 0.15) is 35.8 Å². The maximum absolute atomic E-state index is 13.0. The molecular formula is C17H20N2OS2. The van der Waals surface area contributed by atoms with Crippen LogP contribution in [0.3, 0.4) is 0 Å². The number of carbonyl (C=O) groups excluding carboxylic acids is 1. The highest BCUT2D eigenvalue weighted by molar-refractivity contribution is 8.01. The van der Waals surface area contributed by atoms with E-state index in [4.69, 9.17) is 0 Å². The number of thioether (sulfide) groups is 1. The predicted octanol–water partition coefficient (Wildman–Crippen LogP) is 4.30. The van der Waals surface area contributed by atoms with Gasteiger partial charge in [-0.1, -0.05) is 42.1 Å². The van der Waals surface area contributed by atoms with Gasteiger partial charge < -0.3 is 4.90 Å². The molecule has 0 bridgehead atoms. The quantitative estimate of drug-likeness (QED) is 0.783. The molecule has 116 valence electrons. The van der Waals surface area contributed by atoms with Gasteiger partial charge in [-0.2, -0.15) is 0 Å². The van der Waals surface area contributed by atoms with Gasteiger partial charge in [-0.25, -0.2) is 4.98 Å². The van der Waals surface area contributed by atoms with E-state index < -0.39 is 0 Å². The Labute approximate surface area is 139 Å². The van der Waals surface area contributed by atoms with Crippen molar-refractivity contribution < 1.29 is 4.79 Å². The van der Waals surface area contributed by atoms with Crippen molar-refractivity contribution in [2.24, 2.45) is 0 Å². The number of hydrogen-bond acceptors (Lipinski definition) is 4. The third-order valence-corrected chi connectivity index (χ3v) is 6.14. The average Bonchev–Trinajstić information content (AvgIpc) is 2.99. The molecular weight excluding hydrogens is 312 g/mol. The molecule has 1 aliphatic heterocycles. The van der Waals surface area contributed by atoms with Crippen LogP contribution < -0.4 is 0 Å². The SMILES string of the molecule is Cc1csc(SC(C(=O)N2CCCCC2)c2ccccc2)n1. The van der Waals surface area contributed by atoms with Crippen molar-refractivity contribution in [2.75, 3.05) is 13.1 Å². The smallest absolute Gasteiger partial charge is 0.240 e.